The van der Waals surface area contributed by atoms with Gasteiger partial charge in [0.1, 0.15) is 17.5 Å². The molecular formula is C13H13ClF3N5O. The van der Waals surface area contributed by atoms with E-state index in [9.17, 15) is 18.0 Å². The van der Waals surface area contributed by atoms with Gasteiger partial charge in [0.2, 0.25) is 0 Å². The summed E-state index contributed by atoms with van der Waals surface area (Å²) < 4.78 is 37.4. The molecule has 4 N–H and O–H groups in total. The Hall–Kier alpha value is -2.47. The third-order valence-electron chi connectivity index (χ3n) is 2.71. The molecule has 1 aromatic heterocycles. The molecule has 0 fully saturated rings. The molecule has 23 heavy (non-hydrogen) atoms. The molecule has 1 rings (SSSR count). The molecular weight excluding hydrogens is 335 g/mol. The van der Waals surface area contributed by atoms with Gasteiger partial charge in [-0.2, -0.15) is 18.4 Å². The highest BCUT2D eigenvalue weighted by Crippen LogP contribution is 2.32. The number of anilines is 1. The average molecular weight is 348 g/mol. The zero-order chi connectivity index (χ0) is 17.6. The summed E-state index contributed by atoms with van der Waals surface area (Å²) in [5.41, 5.74) is 4.18. The van der Waals surface area contributed by atoms with Gasteiger partial charge in [-0.25, -0.2) is 4.98 Å². The molecule has 10 heteroatoms. The Morgan fingerprint density at radius 3 is 2.61 bits per heavy atom. The number of halogens is 4. The van der Waals surface area contributed by atoms with Crippen molar-refractivity contribution in [2.75, 3.05) is 18.4 Å². The zero-order valence-corrected chi connectivity index (χ0v) is 12.7. The maximum atomic E-state index is 12.5. The van der Waals surface area contributed by atoms with Crippen LogP contribution >= 0.6 is 11.6 Å². The summed E-state index contributed by atoms with van der Waals surface area (Å²) in [5, 5.41) is 14.1. The number of alkyl halides is 3. The van der Waals surface area contributed by atoms with Gasteiger partial charge in [0.25, 0.3) is 5.91 Å². The SMILES string of the molecule is C/C(NCCNc1ncc(C(F)(F)F)cc1Cl)=C(\C#N)C(N)=O. The number of allylic oxidation sites excluding steroid dienone is 1. The first-order valence-electron chi connectivity index (χ1n) is 6.28. The number of nitrogens with one attached hydrogen (secondary N) is 2. The van der Waals surface area contributed by atoms with Crippen LogP contribution in [-0.2, 0) is 11.0 Å². The number of nitriles is 1. The van der Waals surface area contributed by atoms with Crippen LogP contribution in [0.15, 0.2) is 23.5 Å². The van der Waals surface area contributed by atoms with Crippen LogP contribution in [0.25, 0.3) is 0 Å². The second-order valence-corrected chi connectivity index (χ2v) is 4.79. The minimum absolute atomic E-state index is 0.0958. The summed E-state index contributed by atoms with van der Waals surface area (Å²) in [5.74, 6) is -0.753. The number of hydrogen-bond donors (Lipinski definition) is 3. The minimum atomic E-state index is -4.51. The van der Waals surface area contributed by atoms with Crippen LogP contribution in [0.4, 0.5) is 19.0 Å². The second kappa shape index (κ2) is 7.69. The predicted octanol–water partition coefficient (Wildman–Crippen LogP) is 2.04. The molecule has 0 unspecified atom stereocenters. The van der Waals surface area contributed by atoms with Crippen molar-refractivity contribution in [2.24, 2.45) is 5.73 Å². The number of aromatic nitrogens is 1. The fourth-order valence-corrected chi connectivity index (χ4v) is 1.80. The maximum Gasteiger partial charge on any atom is 0.417 e. The molecule has 124 valence electrons. The smallest absolute Gasteiger partial charge is 0.386 e. The van der Waals surface area contributed by atoms with E-state index in [0.29, 0.717) is 11.9 Å². The van der Waals surface area contributed by atoms with E-state index in [1.165, 1.54) is 6.92 Å². The highest BCUT2D eigenvalue weighted by molar-refractivity contribution is 6.32. The molecule has 0 saturated heterocycles. The Morgan fingerprint density at radius 2 is 2.13 bits per heavy atom. The van der Waals surface area contributed by atoms with Crippen molar-refractivity contribution in [2.45, 2.75) is 13.1 Å². The van der Waals surface area contributed by atoms with Gasteiger partial charge in [-0.1, -0.05) is 11.6 Å². The van der Waals surface area contributed by atoms with Crippen LogP contribution in [0.2, 0.25) is 5.02 Å². The lowest BCUT2D eigenvalue weighted by atomic mass is 10.2. The summed E-state index contributed by atoms with van der Waals surface area (Å²) >= 11 is 5.73. The Bertz CT molecular complexity index is 667. The van der Waals surface area contributed by atoms with Gasteiger partial charge in [0.05, 0.1) is 10.6 Å². The molecule has 1 aromatic rings. The van der Waals surface area contributed by atoms with Gasteiger partial charge in [-0.15, -0.1) is 0 Å². The summed E-state index contributed by atoms with van der Waals surface area (Å²) in [6, 6.07) is 2.45. The number of nitrogens with two attached hydrogens (primary N) is 1. The van der Waals surface area contributed by atoms with Crippen molar-refractivity contribution in [3.63, 3.8) is 0 Å². The van der Waals surface area contributed by atoms with Crippen LogP contribution in [0.1, 0.15) is 12.5 Å². The van der Waals surface area contributed by atoms with E-state index < -0.39 is 17.6 Å². The number of amides is 1. The summed E-state index contributed by atoms with van der Waals surface area (Å²) in [7, 11) is 0. The topological polar surface area (TPSA) is 104 Å². The average Bonchev–Trinajstić information content (AvgIpc) is 2.44. The Balaban J connectivity index is 2.61. The summed E-state index contributed by atoms with van der Waals surface area (Å²) in [6.07, 6.45) is -3.84. The molecule has 0 bridgehead atoms. The van der Waals surface area contributed by atoms with Crippen LogP contribution < -0.4 is 16.4 Å². The Labute approximate surface area is 135 Å². The largest absolute Gasteiger partial charge is 0.417 e. The molecule has 1 heterocycles. The van der Waals surface area contributed by atoms with Crippen molar-refractivity contribution < 1.29 is 18.0 Å². The number of pyridine rings is 1. The number of rotatable bonds is 6. The molecule has 1 amide bonds. The number of hydrogen-bond acceptors (Lipinski definition) is 5. The van der Waals surface area contributed by atoms with E-state index in [4.69, 9.17) is 22.6 Å². The number of carbonyl (C=O) groups excluding carboxylic acids is 1. The minimum Gasteiger partial charge on any atom is -0.386 e. The highest BCUT2D eigenvalue weighted by Gasteiger charge is 2.31. The first kappa shape index (κ1) is 18.6. The third-order valence-corrected chi connectivity index (χ3v) is 3.00. The van der Waals surface area contributed by atoms with Crippen molar-refractivity contribution in [1.82, 2.24) is 10.3 Å². The number of carbonyl (C=O) groups is 1. The second-order valence-electron chi connectivity index (χ2n) is 4.38. The molecule has 0 saturated carbocycles. The zero-order valence-electron chi connectivity index (χ0n) is 12.0. The van der Waals surface area contributed by atoms with Crippen molar-refractivity contribution in [3.8, 4) is 6.07 Å². The Kier molecular flexibility index (Phi) is 6.21. The van der Waals surface area contributed by atoms with Gasteiger partial charge in [-0.3, -0.25) is 4.79 Å². The first-order chi connectivity index (χ1) is 10.7. The lowest BCUT2D eigenvalue weighted by Crippen LogP contribution is -2.25. The van der Waals surface area contributed by atoms with Gasteiger partial charge in [-0.05, 0) is 13.0 Å². The van der Waals surface area contributed by atoms with Crippen LogP contribution in [0, 0.1) is 11.3 Å². The van der Waals surface area contributed by atoms with E-state index >= 15 is 0 Å². The van der Waals surface area contributed by atoms with Gasteiger partial charge in [0, 0.05) is 25.0 Å². The lowest BCUT2D eigenvalue weighted by molar-refractivity contribution is -0.137. The molecule has 0 aliphatic rings. The van der Waals surface area contributed by atoms with Crippen LogP contribution in [0.3, 0.4) is 0 Å². The van der Waals surface area contributed by atoms with E-state index in [1.54, 1.807) is 6.07 Å². The molecule has 6 nitrogen and oxygen atoms in total. The van der Waals surface area contributed by atoms with E-state index in [-0.39, 0.29) is 29.5 Å². The standard InChI is InChI=1S/C13H13ClF3N5O/c1-7(9(5-18)11(19)23)20-2-3-21-12-10(14)4-8(6-22-12)13(15,16)17/h4,6,20H,2-3H2,1H3,(H2,19,23)(H,21,22)/b9-7-. The van der Waals surface area contributed by atoms with E-state index in [2.05, 4.69) is 15.6 Å². The predicted molar refractivity (Wildman–Crippen MR) is 78.2 cm³/mol. The highest BCUT2D eigenvalue weighted by atomic mass is 35.5. The first-order valence-corrected chi connectivity index (χ1v) is 6.66. The molecule has 0 aromatic carbocycles. The van der Waals surface area contributed by atoms with E-state index in [1.807, 2.05) is 0 Å². The lowest BCUT2D eigenvalue weighted by Gasteiger charge is -2.12. The van der Waals surface area contributed by atoms with Gasteiger partial charge >= 0.3 is 6.18 Å². The fourth-order valence-electron chi connectivity index (χ4n) is 1.57. The Morgan fingerprint density at radius 1 is 1.48 bits per heavy atom. The fraction of sp³-hybridized carbons (Fsp3) is 0.308. The number of nitrogens with zero attached hydrogens (tertiary/aromatic N) is 2. The van der Waals surface area contributed by atoms with Gasteiger partial charge < -0.3 is 16.4 Å². The van der Waals surface area contributed by atoms with Crippen LogP contribution in [-0.4, -0.2) is 24.0 Å². The summed E-state index contributed by atoms with van der Waals surface area (Å²) in [6.45, 7) is 2.02. The normalized spacial score (nSPS) is 12.2. The van der Waals surface area contributed by atoms with Crippen molar-refractivity contribution in [1.29, 1.82) is 5.26 Å². The molecule has 0 spiro atoms. The molecule has 0 aliphatic heterocycles. The maximum absolute atomic E-state index is 12.5. The monoisotopic (exact) mass is 347 g/mol. The number of primary amides is 1. The van der Waals surface area contributed by atoms with Crippen molar-refractivity contribution >= 4 is 23.3 Å². The molecule has 0 atom stereocenters. The molecule has 0 aliphatic carbocycles. The van der Waals surface area contributed by atoms with Crippen LogP contribution in [0.5, 0.6) is 0 Å². The quantitative estimate of drug-likeness (QED) is 0.415. The summed E-state index contributed by atoms with van der Waals surface area (Å²) in [4.78, 5) is 14.6. The van der Waals surface area contributed by atoms with Gasteiger partial charge in [0.15, 0.2) is 0 Å². The van der Waals surface area contributed by atoms with Crippen molar-refractivity contribution in [3.05, 3.63) is 34.1 Å². The van der Waals surface area contributed by atoms with E-state index in [0.717, 1.165) is 6.07 Å². The molecule has 0 radical (unpaired) electrons. The third kappa shape index (κ3) is 5.34.